The molecule has 0 heterocycles. The Bertz CT molecular complexity index is 450. The van der Waals surface area contributed by atoms with Crippen molar-refractivity contribution in [1.29, 1.82) is 0 Å². The van der Waals surface area contributed by atoms with E-state index >= 15 is 0 Å². The topological polar surface area (TPSA) is 0 Å². The van der Waals surface area contributed by atoms with Gasteiger partial charge in [0.05, 0.1) is 0 Å². The Kier molecular flexibility index (Phi) is 4.35. The van der Waals surface area contributed by atoms with Crippen molar-refractivity contribution in [2.24, 2.45) is 0 Å². The van der Waals surface area contributed by atoms with Gasteiger partial charge in [-0.1, -0.05) is 0 Å². The van der Waals surface area contributed by atoms with Gasteiger partial charge in [0.15, 0.2) is 0 Å². The third kappa shape index (κ3) is 3.69. The fourth-order valence-electron chi connectivity index (χ4n) is 1.63. The summed E-state index contributed by atoms with van der Waals surface area (Å²) in [5, 5.41) is 1.13. The number of benzene rings is 2. The van der Waals surface area contributed by atoms with E-state index in [1.165, 1.54) is 11.1 Å². The van der Waals surface area contributed by atoms with Crippen molar-refractivity contribution < 1.29 is 4.39 Å². The Hall–Kier alpha value is -1.11. The van der Waals surface area contributed by atoms with Crippen molar-refractivity contribution in [3.8, 4) is 0 Å². The van der Waals surface area contributed by atoms with Gasteiger partial charge in [-0.3, -0.25) is 0 Å². The van der Waals surface area contributed by atoms with E-state index in [0.29, 0.717) is 19.8 Å². The molecule has 0 bridgehead atoms. The van der Waals surface area contributed by atoms with Crippen LogP contribution in [0, 0.1) is 5.82 Å². The molecule has 0 aromatic heterocycles. The molecule has 2 heteroatoms. The van der Waals surface area contributed by atoms with Gasteiger partial charge in [0.25, 0.3) is 0 Å². The van der Waals surface area contributed by atoms with Gasteiger partial charge >= 0.3 is 108 Å². The molecule has 0 saturated heterocycles. The van der Waals surface area contributed by atoms with Crippen LogP contribution in [0.15, 0.2) is 54.6 Å². The fourth-order valence-corrected chi connectivity index (χ4v) is 3.69. The summed E-state index contributed by atoms with van der Waals surface area (Å²) in [7, 11) is 0. The molecule has 0 fully saturated rings. The van der Waals surface area contributed by atoms with Crippen molar-refractivity contribution in [2.75, 3.05) is 0 Å². The minimum atomic E-state index is -0.156. The third-order valence-electron chi connectivity index (χ3n) is 2.68. The van der Waals surface area contributed by atoms with Crippen molar-refractivity contribution in [2.45, 2.75) is 17.1 Å². The van der Waals surface area contributed by atoms with Crippen LogP contribution in [0.4, 0.5) is 4.39 Å². The average Bonchev–Trinajstić information content (AvgIpc) is 2.38. The second-order valence-corrected chi connectivity index (χ2v) is 6.78. The third-order valence-corrected chi connectivity index (χ3v) is 5.35. The molecular weight excluding hydrogens is 278 g/mol. The molecule has 88 valence electrons. The minimum absolute atomic E-state index is 0.156. The number of hydrogen-bond acceptors (Lipinski definition) is 0. The van der Waals surface area contributed by atoms with Crippen LogP contribution in [-0.4, -0.2) is 15.0 Å². The Morgan fingerprint density at radius 1 is 1.00 bits per heavy atom. The molecule has 1 atom stereocenters. The molecule has 2 aromatic carbocycles. The van der Waals surface area contributed by atoms with Crippen molar-refractivity contribution >= 4 is 15.0 Å². The van der Waals surface area contributed by atoms with Gasteiger partial charge in [-0.05, 0) is 0 Å². The molecule has 0 spiro atoms. The van der Waals surface area contributed by atoms with Gasteiger partial charge in [-0.25, -0.2) is 0 Å². The van der Waals surface area contributed by atoms with Crippen LogP contribution in [0.3, 0.4) is 0 Å². The van der Waals surface area contributed by atoms with Crippen LogP contribution >= 0.6 is 0 Å². The predicted molar refractivity (Wildman–Crippen MR) is 70.7 cm³/mol. The molecule has 0 aliphatic carbocycles. The molecule has 0 saturated carbocycles. The quantitative estimate of drug-likeness (QED) is 0.752. The standard InChI is InChI=1S/C15H15FSe/c1-12(14-7-9-15(16)10-8-14)17-11-13-5-3-2-4-6-13/h2-10,12H,11H2,1H3/t12-/m1/s1. The van der Waals surface area contributed by atoms with Crippen LogP contribution in [0.2, 0.25) is 0 Å². The first kappa shape index (κ1) is 12.3. The monoisotopic (exact) mass is 294 g/mol. The number of rotatable bonds is 4. The molecule has 0 nitrogen and oxygen atoms in total. The summed E-state index contributed by atoms with van der Waals surface area (Å²) >= 11 is 0.513. The zero-order chi connectivity index (χ0) is 12.1. The first-order valence-electron chi connectivity index (χ1n) is 5.66. The van der Waals surface area contributed by atoms with Crippen molar-refractivity contribution in [1.82, 2.24) is 0 Å². The summed E-state index contributed by atoms with van der Waals surface area (Å²) < 4.78 is 12.8. The summed E-state index contributed by atoms with van der Waals surface area (Å²) in [6.45, 7) is 2.22. The first-order chi connectivity index (χ1) is 8.25. The van der Waals surface area contributed by atoms with E-state index in [1.54, 1.807) is 12.1 Å². The predicted octanol–water partition coefficient (Wildman–Crippen LogP) is 3.79. The number of hydrogen-bond donors (Lipinski definition) is 0. The molecule has 0 radical (unpaired) electrons. The van der Waals surface area contributed by atoms with Crippen LogP contribution in [0.1, 0.15) is 22.9 Å². The van der Waals surface area contributed by atoms with Crippen LogP contribution < -0.4 is 0 Å². The summed E-state index contributed by atoms with van der Waals surface area (Å²) in [5.74, 6) is -0.156. The van der Waals surface area contributed by atoms with E-state index in [4.69, 9.17) is 0 Å². The summed E-state index contributed by atoms with van der Waals surface area (Å²) in [4.78, 5) is 0.531. The van der Waals surface area contributed by atoms with Gasteiger partial charge in [-0.15, -0.1) is 0 Å². The average molecular weight is 293 g/mol. The molecule has 2 aromatic rings. The SMILES string of the molecule is C[C@@H]([Se]Cc1ccccc1)c1ccc(F)cc1. The van der Waals surface area contributed by atoms with E-state index in [2.05, 4.69) is 31.2 Å². The van der Waals surface area contributed by atoms with Crippen molar-refractivity contribution in [3.63, 3.8) is 0 Å². The molecule has 0 unspecified atom stereocenters. The summed E-state index contributed by atoms with van der Waals surface area (Å²) in [6.07, 6.45) is 0. The normalized spacial score (nSPS) is 12.4. The van der Waals surface area contributed by atoms with Gasteiger partial charge in [-0.2, -0.15) is 0 Å². The summed E-state index contributed by atoms with van der Waals surface area (Å²) in [6, 6.07) is 17.4. The molecular formula is C15H15FSe. The molecule has 0 aliphatic rings. The van der Waals surface area contributed by atoms with Crippen LogP contribution in [0.25, 0.3) is 0 Å². The van der Waals surface area contributed by atoms with Gasteiger partial charge < -0.3 is 0 Å². The molecule has 0 aliphatic heterocycles. The first-order valence-corrected chi connectivity index (χ1v) is 7.87. The van der Waals surface area contributed by atoms with Crippen LogP contribution in [0.5, 0.6) is 0 Å². The second kappa shape index (κ2) is 5.99. The van der Waals surface area contributed by atoms with Gasteiger partial charge in [0.2, 0.25) is 0 Å². The van der Waals surface area contributed by atoms with Crippen LogP contribution in [-0.2, 0) is 5.32 Å². The second-order valence-electron chi connectivity index (χ2n) is 3.99. The molecule has 0 amide bonds. The maximum atomic E-state index is 12.8. The Labute approximate surface area is 108 Å². The maximum absolute atomic E-state index is 12.8. The van der Waals surface area contributed by atoms with Gasteiger partial charge in [0, 0.05) is 0 Å². The van der Waals surface area contributed by atoms with Gasteiger partial charge in [0.1, 0.15) is 0 Å². The molecule has 17 heavy (non-hydrogen) atoms. The van der Waals surface area contributed by atoms with Crippen molar-refractivity contribution in [3.05, 3.63) is 71.5 Å². The van der Waals surface area contributed by atoms with E-state index in [0.717, 1.165) is 5.32 Å². The van der Waals surface area contributed by atoms with E-state index in [1.807, 2.05) is 18.2 Å². The zero-order valence-electron chi connectivity index (χ0n) is 9.77. The Balaban J connectivity index is 1.93. The Morgan fingerprint density at radius 2 is 1.65 bits per heavy atom. The fraction of sp³-hybridized carbons (Fsp3) is 0.200. The van der Waals surface area contributed by atoms with E-state index in [-0.39, 0.29) is 5.82 Å². The van der Waals surface area contributed by atoms with E-state index < -0.39 is 0 Å². The Morgan fingerprint density at radius 3 is 2.29 bits per heavy atom. The number of halogens is 1. The molecule has 2 rings (SSSR count). The summed E-state index contributed by atoms with van der Waals surface area (Å²) in [5.41, 5.74) is 2.63. The molecule has 0 N–H and O–H groups in total. The zero-order valence-corrected chi connectivity index (χ0v) is 11.5. The van der Waals surface area contributed by atoms with E-state index in [9.17, 15) is 4.39 Å².